The Morgan fingerprint density at radius 3 is 2.00 bits per heavy atom. The summed E-state index contributed by atoms with van der Waals surface area (Å²) in [5.74, 6) is -3.90. The van der Waals surface area contributed by atoms with E-state index < -0.39 is 30.9 Å². The maximum atomic E-state index is 12.5. The van der Waals surface area contributed by atoms with E-state index in [2.05, 4.69) is 10.6 Å². The summed E-state index contributed by atoms with van der Waals surface area (Å²) in [6, 6.07) is 3.81. The number of Topliss-reactive ketones (excluding diaryl/α,β-unsaturated/α-hetero) is 1. The number of nitrogens with one attached hydrogen (secondary N) is 2. The number of rotatable bonds is 12. The first-order valence-electron chi connectivity index (χ1n) is 10.5. The molecule has 13 heteroatoms. The van der Waals surface area contributed by atoms with Crippen LogP contribution >= 0.6 is 0 Å². The van der Waals surface area contributed by atoms with Gasteiger partial charge in [0.05, 0.1) is 18.5 Å². The largest absolute Gasteiger partial charge is 1.00 e. The van der Waals surface area contributed by atoms with E-state index in [-0.39, 0.29) is 100 Å². The van der Waals surface area contributed by atoms with E-state index in [4.69, 9.17) is 9.47 Å². The Bertz CT molecular complexity index is 903. The van der Waals surface area contributed by atoms with Crippen LogP contribution in [0.25, 0.3) is 0 Å². The molecule has 1 saturated carbocycles. The van der Waals surface area contributed by atoms with E-state index in [9.17, 15) is 34.2 Å². The molecule has 2 N–H and O–H groups in total. The second kappa shape index (κ2) is 16.9. The molecule has 0 aromatic heterocycles. The molecule has 0 atom stereocenters. The molecule has 0 spiro atoms. The number of carbonyl (C=O) groups excluding carboxylic acids is 5. The minimum atomic E-state index is -1.52. The molecule has 1 aliphatic carbocycles. The summed E-state index contributed by atoms with van der Waals surface area (Å²) in [6.45, 7) is 0.151. The van der Waals surface area contributed by atoms with Crippen molar-refractivity contribution in [3.63, 3.8) is 0 Å². The third-order valence-electron chi connectivity index (χ3n) is 5.24. The third kappa shape index (κ3) is 12.2. The van der Waals surface area contributed by atoms with E-state index in [0.29, 0.717) is 25.3 Å². The van der Waals surface area contributed by atoms with Gasteiger partial charge in [0.2, 0.25) is 11.8 Å². The molecular weight excluding hydrogens is 482 g/mol. The molecule has 1 aliphatic rings. The second-order valence-electron chi connectivity index (χ2n) is 7.78. The molecule has 0 heterocycles. The first kappa shape index (κ1) is 33.4. The van der Waals surface area contributed by atoms with Crippen molar-refractivity contribution in [2.75, 3.05) is 26.3 Å². The molecule has 0 saturated heterocycles. The molecular formula is C22H26N2Na2O9. The molecule has 11 nitrogen and oxygen atoms in total. The smallest absolute Gasteiger partial charge is 0.546 e. The van der Waals surface area contributed by atoms with Crippen LogP contribution in [0.4, 0.5) is 0 Å². The standard InChI is InChI=1S/C22H28N2O9.2Na/c1-13(25)23-9-14-2-4-15(5-3-14)22(31)24-10-17(26)16-6-7-18(32-11-20(27)28)19(8-16)33-12-21(29)30;;/h6-8,14-15H,2-5,9-12H2,1H3,(H,23,25)(H,24,31)(H,27,28)(H,29,30);;/q;2*+1/p-2/t14-,15-;;. The Balaban J connectivity index is 0.00000578. The Morgan fingerprint density at radius 1 is 0.886 bits per heavy atom. The normalized spacial score (nSPS) is 16.5. The summed E-state index contributed by atoms with van der Waals surface area (Å²) in [5.41, 5.74) is 0.114. The van der Waals surface area contributed by atoms with E-state index >= 15 is 0 Å². The van der Waals surface area contributed by atoms with Crippen LogP contribution in [-0.2, 0) is 19.2 Å². The number of carbonyl (C=O) groups is 5. The fraction of sp³-hybridized carbons (Fsp3) is 0.500. The van der Waals surface area contributed by atoms with Crippen LogP contribution in [0, 0.1) is 11.8 Å². The average Bonchev–Trinajstić information content (AvgIpc) is 2.78. The Morgan fingerprint density at radius 2 is 1.46 bits per heavy atom. The Kier molecular flexibility index (Phi) is 16.1. The number of aliphatic carboxylic acids is 2. The number of amides is 2. The van der Waals surface area contributed by atoms with Crippen molar-refractivity contribution in [3.8, 4) is 11.5 Å². The first-order valence-corrected chi connectivity index (χ1v) is 10.5. The molecule has 2 rings (SSSR count). The van der Waals surface area contributed by atoms with Crippen molar-refractivity contribution >= 4 is 29.5 Å². The summed E-state index contributed by atoms with van der Waals surface area (Å²) in [4.78, 5) is 57.2. The van der Waals surface area contributed by atoms with Gasteiger partial charge in [-0.05, 0) is 49.8 Å². The molecule has 2 amide bonds. The van der Waals surface area contributed by atoms with Crippen molar-refractivity contribution in [1.82, 2.24) is 10.6 Å². The predicted octanol–water partition coefficient (Wildman–Crippen LogP) is -7.81. The molecule has 35 heavy (non-hydrogen) atoms. The summed E-state index contributed by atoms with van der Waals surface area (Å²) in [5, 5.41) is 26.7. The first-order chi connectivity index (χ1) is 15.7. The minimum Gasteiger partial charge on any atom is -0.546 e. The number of ether oxygens (including phenoxy) is 2. The quantitative estimate of drug-likeness (QED) is 0.205. The van der Waals surface area contributed by atoms with Crippen molar-refractivity contribution in [2.24, 2.45) is 11.8 Å². The van der Waals surface area contributed by atoms with Crippen LogP contribution in [0.5, 0.6) is 11.5 Å². The molecule has 0 aliphatic heterocycles. The van der Waals surface area contributed by atoms with E-state index in [0.717, 1.165) is 12.8 Å². The van der Waals surface area contributed by atoms with Gasteiger partial charge in [0.15, 0.2) is 17.3 Å². The van der Waals surface area contributed by atoms with Crippen LogP contribution in [0.2, 0.25) is 0 Å². The minimum absolute atomic E-state index is 0. The topological polar surface area (TPSA) is 174 Å². The zero-order chi connectivity index (χ0) is 24.4. The van der Waals surface area contributed by atoms with Gasteiger partial charge in [-0.15, -0.1) is 0 Å². The van der Waals surface area contributed by atoms with Gasteiger partial charge in [0.25, 0.3) is 0 Å². The molecule has 1 aromatic carbocycles. The number of benzene rings is 1. The summed E-state index contributed by atoms with van der Waals surface area (Å²) >= 11 is 0. The van der Waals surface area contributed by atoms with Gasteiger partial charge in [-0.2, -0.15) is 0 Å². The van der Waals surface area contributed by atoms with Gasteiger partial charge < -0.3 is 39.9 Å². The SMILES string of the molecule is CC(=O)NC[C@H]1CC[C@H](C(=O)NCC(=O)c2ccc(OCC(=O)[O-])c(OCC(=O)[O-])c2)CC1.[Na+].[Na+]. The second-order valence-corrected chi connectivity index (χ2v) is 7.78. The van der Waals surface area contributed by atoms with Gasteiger partial charge >= 0.3 is 59.1 Å². The zero-order valence-corrected chi connectivity index (χ0v) is 24.2. The molecule has 0 unspecified atom stereocenters. The van der Waals surface area contributed by atoms with Gasteiger partial charge in [0, 0.05) is 24.9 Å². The van der Waals surface area contributed by atoms with E-state index in [1.165, 1.54) is 25.1 Å². The number of carboxylic acids is 2. The summed E-state index contributed by atoms with van der Waals surface area (Å²) < 4.78 is 10.00. The predicted molar refractivity (Wildman–Crippen MR) is 109 cm³/mol. The van der Waals surface area contributed by atoms with Crippen molar-refractivity contribution in [3.05, 3.63) is 23.8 Å². The molecule has 0 bridgehead atoms. The van der Waals surface area contributed by atoms with Gasteiger partial charge in [-0.25, -0.2) is 0 Å². The number of hydrogen-bond acceptors (Lipinski definition) is 9. The zero-order valence-electron chi connectivity index (χ0n) is 20.2. The van der Waals surface area contributed by atoms with Crippen LogP contribution in [0.15, 0.2) is 18.2 Å². The number of ketones is 1. The third-order valence-corrected chi connectivity index (χ3v) is 5.24. The molecule has 1 aromatic rings. The summed E-state index contributed by atoms with van der Waals surface area (Å²) in [6.07, 6.45) is 2.93. The number of carboxylic acid groups (broad SMARTS) is 2. The molecule has 180 valence electrons. The van der Waals surface area contributed by atoms with Crippen molar-refractivity contribution in [2.45, 2.75) is 32.6 Å². The average molecular weight is 508 g/mol. The fourth-order valence-corrected chi connectivity index (χ4v) is 3.52. The van der Waals surface area contributed by atoms with Gasteiger partial charge in [-0.1, -0.05) is 0 Å². The van der Waals surface area contributed by atoms with Crippen molar-refractivity contribution in [1.29, 1.82) is 0 Å². The Hall–Kier alpha value is -1.63. The molecule has 1 fully saturated rings. The molecule has 0 radical (unpaired) electrons. The number of hydrogen-bond donors (Lipinski definition) is 2. The Labute approximate surface area is 247 Å². The van der Waals surface area contributed by atoms with Crippen LogP contribution in [0.3, 0.4) is 0 Å². The van der Waals surface area contributed by atoms with Crippen LogP contribution < -0.4 is 89.4 Å². The van der Waals surface area contributed by atoms with E-state index in [1.807, 2.05) is 0 Å². The maximum absolute atomic E-state index is 12.5. The summed E-state index contributed by atoms with van der Waals surface area (Å²) in [7, 11) is 0. The van der Waals surface area contributed by atoms with Gasteiger partial charge in [0.1, 0.15) is 13.2 Å². The van der Waals surface area contributed by atoms with E-state index in [1.54, 1.807) is 0 Å². The van der Waals surface area contributed by atoms with Crippen LogP contribution in [0.1, 0.15) is 43.0 Å². The van der Waals surface area contributed by atoms with Crippen LogP contribution in [-0.4, -0.2) is 55.8 Å². The van der Waals surface area contributed by atoms with Crippen molar-refractivity contribution < 1.29 is 103 Å². The monoisotopic (exact) mass is 508 g/mol. The fourth-order valence-electron chi connectivity index (χ4n) is 3.52. The van der Waals surface area contributed by atoms with Gasteiger partial charge in [-0.3, -0.25) is 14.4 Å². The maximum Gasteiger partial charge on any atom is 1.00 e.